The zero-order valence-electron chi connectivity index (χ0n) is 15.4. The predicted octanol–water partition coefficient (Wildman–Crippen LogP) is 2.85. The number of benzene rings is 1. The number of hydrogen-bond acceptors (Lipinski definition) is 7. The van der Waals surface area contributed by atoms with Crippen molar-refractivity contribution in [2.24, 2.45) is 0 Å². The van der Waals surface area contributed by atoms with Crippen molar-refractivity contribution < 1.29 is 18.1 Å². The highest BCUT2D eigenvalue weighted by atomic mass is 32.2. The van der Waals surface area contributed by atoms with E-state index in [1.54, 1.807) is 0 Å². The number of rotatable bonds is 5. The van der Waals surface area contributed by atoms with E-state index in [0.717, 1.165) is 29.1 Å². The molecule has 1 aliphatic heterocycles. The fourth-order valence-electron chi connectivity index (χ4n) is 3.04. The third-order valence-corrected chi connectivity index (χ3v) is 7.58. The number of nitro groups is 1. The molecule has 1 fully saturated rings. The van der Waals surface area contributed by atoms with E-state index in [9.17, 15) is 23.3 Å². The number of sulfonamides is 1. The number of non-ortho nitro benzene ring substituents is 1. The fraction of sp³-hybridized carbons (Fsp3) is 0.412. The third kappa shape index (κ3) is 4.05. The Morgan fingerprint density at radius 3 is 2.54 bits per heavy atom. The lowest BCUT2D eigenvalue weighted by Crippen LogP contribution is -2.49. The molecule has 0 aliphatic carbocycles. The van der Waals surface area contributed by atoms with Crippen LogP contribution in [0, 0.1) is 24.0 Å². The monoisotopic (exact) mass is 424 g/mol. The zero-order valence-corrected chi connectivity index (χ0v) is 17.0. The molecule has 150 valence electrons. The van der Waals surface area contributed by atoms with E-state index < -0.39 is 26.9 Å². The minimum atomic E-state index is -3.96. The Morgan fingerprint density at radius 2 is 1.96 bits per heavy atom. The van der Waals surface area contributed by atoms with Crippen LogP contribution < -0.4 is 5.32 Å². The van der Waals surface area contributed by atoms with Crippen molar-refractivity contribution in [1.29, 1.82) is 0 Å². The number of hydrogen-bond donors (Lipinski definition) is 1. The first-order valence-corrected chi connectivity index (χ1v) is 11.0. The van der Waals surface area contributed by atoms with Crippen LogP contribution in [0.4, 0.5) is 10.8 Å². The second kappa shape index (κ2) is 7.94. The van der Waals surface area contributed by atoms with Crippen molar-refractivity contribution in [3.63, 3.8) is 0 Å². The summed E-state index contributed by atoms with van der Waals surface area (Å²) < 4.78 is 27.3. The lowest BCUT2D eigenvalue weighted by Gasteiger charge is -2.33. The predicted molar refractivity (Wildman–Crippen MR) is 105 cm³/mol. The number of nitrogens with one attached hydrogen (secondary N) is 1. The molecule has 9 nitrogen and oxygen atoms in total. The molecule has 1 saturated heterocycles. The van der Waals surface area contributed by atoms with E-state index in [1.807, 2.05) is 13.8 Å². The molecule has 0 radical (unpaired) electrons. The maximum atomic E-state index is 13.1. The van der Waals surface area contributed by atoms with Gasteiger partial charge in [-0.25, -0.2) is 13.4 Å². The zero-order chi connectivity index (χ0) is 20.5. The van der Waals surface area contributed by atoms with E-state index in [2.05, 4.69) is 10.3 Å². The molecular formula is C17H20N4O5S2. The van der Waals surface area contributed by atoms with Gasteiger partial charge in [-0.2, -0.15) is 4.31 Å². The highest BCUT2D eigenvalue weighted by Gasteiger charge is 2.38. The molecule has 1 aromatic carbocycles. The van der Waals surface area contributed by atoms with Gasteiger partial charge in [-0.1, -0.05) is 6.42 Å². The largest absolute Gasteiger partial charge is 0.301 e. The molecule has 0 saturated carbocycles. The van der Waals surface area contributed by atoms with Crippen LogP contribution in [0.2, 0.25) is 0 Å². The van der Waals surface area contributed by atoms with Gasteiger partial charge < -0.3 is 5.32 Å². The minimum Gasteiger partial charge on any atom is -0.301 e. The topological polar surface area (TPSA) is 123 Å². The number of thiazole rings is 1. The van der Waals surface area contributed by atoms with Crippen LogP contribution >= 0.6 is 11.3 Å². The lowest BCUT2D eigenvalue weighted by molar-refractivity contribution is -0.384. The first-order chi connectivity index (χ1) is 13.2. The van der Waals surface area contributed by atoms with Crippen LogP contribution in [0.1, 0.15) is 29.8 Å². The molecule has 11 heteroatoms. The van der Waals surface area contributed by atoms with Crippen LogP contribution in [-0.2, 0) is 14.8 Å². The summed E-state index contributed by atoms with van der Waals surface area (Å²) in [5.74, 6) is -0.418. The van der Waals surface area contributed by atoms with Crippen molar-refractivity contribution in [2.75, 3.05) is 11.9 Å². The second-order valence-corrected chi connectivity index (χ2v) is 9.62. The number of anilines is 1. The minimum absolute atomic E-state index is 0.0706. The van der Waals surface area contributed by atoms with Crippen molar-refractivity contribution in [1.82, 2.24) is 9.29 Å². The first kappa shape index (κ1) is 20.4. The molecule has 1 aromatic heterocycles. The van der Waals surface area contributed by atoms with Crippen molar-refractivity contribution in [2.45, 2.75) is 44.0 Å². The molecule has 1 aliphatic rings. The quantitative estimate of drug-likeness (QED) is 0.582. The summed E-state index contributed by atoms with van der Waals surface area (Å²) in [5.41, 5.74) is 0.626. The van der Waals surface area contributed by atoms with Gasteiger partial charge in [0.15, 0.2) is 5.13 Å². The molecule has 3 rings (SSSR count). The number of amides is 1. The third-order valence-electron chi connectivity index (χ3n) is 4.67. The van der Waals surface area contributed by atoms with Gasteiger partial charge in [-0.15, -0.1) is 11.3 Å². The molecule has 1 N–H and O–H groups in total. The van der Waals surface area contributed by atoms with Gasteiger partial charge in [0.25, 0.3) is 5.69 Å². The number of carbonyl (C=O) groups is 1. The maximum Gasteiger partial charge on any atom is 0.269 e. The first-order valence-electron chi connectivity index (χ1n) is 8.71. The highest BCUT2D eigenvalue weighted by Crippen LogP contribution is 2.28. The number of carbonyl (C=O) groups excluding carboxylic acids is 1. The fourth-order valence-corrected chi connectivity index (χ4v) is 5.52. The number of nitrogens with zero attached hydrogens (tertiary/aromatic N) is 3. The van der Waals surface area contributed by atoms with Gasteiger partial charge in [0.2, 0.25) is 15.9 Å². The number of aryl methyl sites for hydroxylation is 2. The second-order valence-electron chi connectivity index (χ2n) is 6.53. The summed E-state index contributed by atoms with van der Waals surface area (Å²) in [7, 11) is -3.96. The van der Waals surface area contributed by atoms with Crippen LogP contribution in [0.25, 0.3) is 0 Å². The Balaban J connectivity index is 1.85. The SMILES string of the molecule is Cc1nc(NC(=O)C2CCCCN2S(=O)(=O)c2ccc([N+](=O)[O-])cc2)sc1C. The number of nitro benzene ring substituents is 1. The van der Waals surface area contributed by atoms with Crippen LogP contribution in [0.15, 0.2) is 29.2 Å². The van der Waals surface area contributed by atoms with Gasteiger partial charge in [-0.05, 0) is 38.8 Å². The maximum absolute atomic E-state index is 13.1. The van der Waals surface area contributed by atoms with Gasteiger partial charge in [-0.3, -0.25) is 14.9 Å². The Bertz CT molecular complexity index is 982. The van der Waals surface area contributed by atoms with Crippen molar-refractivity contribution in [3.8, 4) is 0 Å². The molecule has 0 bridgehead atoms. The van der Waals surface area contributed by atoms with E-state index in [4.69, 9.17) is 0 Å². The van der Waals surface area contributed by atoms with Gasteiger partial charge >= 0.3 is 0 Å². The van der Waals surface area contributed by atoms with E-state index >= 15 is 0 Å². The van der Waals surface area contributed by atoms with Crippen molar-refractivity contribution in [3.05, 3.63) is 45.0 Å². The Labute approximate surface area is 166 Å². The number of piperidine rings is 1. The van der Waals surface area contributed by atoms with Gasteiger partial charge in [0.1, 0.15) is 6.04 Å². The summed E-state index contributed by atoms with van der Waals surface area (Å²) in [4.78, 5) is 28.2. The molecular weight excluding hydrogens is 404 g/mol. The smallest absolute Gasteiger partial charge is 0.269 e. The molecule has 2 aromatic rings. The summed E-state index contributed by atoms with van der Waals surface area (Å²) in [6.07, 6.45) is 1.78. The van der Waals surface area contributed by atoms with Crippen LogP contribution in [-0.4, -0.2) is 41.1 Å². The van der Waals surface area contributed by atoms with Gasteiger partial charge in [0.05, 0.1) is 15.5 Å². The molecule has 1 atom stereocenters. The average Bonchev–Trinajstić information content (AvgIpc) is 2.98. The standard InChI is InChI=1S/C17H20N4O5S2/c1-11-12(2)27-17(18-11)19-16(22)15-5-3-4-10-20(15)28(25,26)14-8-6-13(7-9-14)21(23)24/h6-9,15H,3-5,10H2,1-2H3,(H,18,19,22). The van der Waals surface area contributed by atoms with Gasteiger partial charge in [0, 0.05) is 23.6 Å². The molecule has 28 heavy (non-hydrogen) atoms. The Kier molecular flexibility index (Phi) is 5.77. The normalized spacial score (nSPS) is 18.0. The molecule has 0 spiro atoms. The van der Waals surface area contributed by atoms with E-state index in [1.165, 1.54) is 27.8 Å². The summed E-state index contributed by atoms with van der Waals surface area (Å²) in [5, 5.41) is 14.0. The Morgan fingerprint density at radius 1 is 1.29 bits per heavy atom. The van der Waals surface area contributed by atoms with Crippen LogP contribution in [0.5, 0.6) is 0 Å². The summed E-state index contributed by atoms with van der Waals surface area (Å²) in [6.45, 7) is 3.95. The molecule has 1 amide bonds. The summed E-state index contributed by atoms with van der Waals surface area (Å²) in [6, 6.07) is 3.84. The number of aromatic nitrogens is 1. The van der Waals surface area contributed by atoms with Crippen LogP contribution in [0.3, 0.4) is 0 Å². The van der Waals surface area contributed by atoms with E-state index in [-0.39, 0.29) is 17.1 Å². The Hall–Kier alpha value is -2.37. The average molecular weight is 425 g/mol. The van der Waals surface area contributed by atoms with E-state index in [0.29, 0.717) is 18.0 Å². The molecule has 1 unspecified atom stereocenters. The highest BCUT2D eigenvalue weighted by molar-refractivity contribution is 7.89. The van der Waals surface area contributed by atoms with Crippen molar-refractivity contribution >= 4 is 38.1 Å². The summed E-state index contributed by atoms with van der Waals surface area (Å²) >= 11 is 1.34. The lowest BCUT2D eigenvalue weighted by atomic mass is 10.0. The molecule has 2 heterocycles.